The van der Waals surface area contributed by atoms with Gasteiger partial charge in [0.25, 0.3) is 0 Å². The van der Waals surface area contributed by atoms with E-state index in [2.05, 4.69) is 43.2 Å². The van der Waals surface area contributed by atoms with E-state index in [1.54, 1.807) is 0 Å². The van der Waals surface area contributed by atoms with Gasteiger partial charge in [0.15, 0.2) is 5.82 Å². The lowest BCUT2D eigenvalue weighted by atomic mass is 10.1. The van der Waals surface area contributed by atoms with E-state index in [9.17, 15) is 0 Å². The molecule has 0 radical (unpaired) electrons. The first-order valence-electron chi connectivity index (χ1n) is 6.34. The van der Waals surface area contributed by atoms with Gasteiger partial charge in [0.05, 0.1) is 5.25 Å². The van der Waals surface area contributed by atoms with Crippen molar-refractivity contribution in [2.75, 3.05) is 16.8 Å². The minimum atomic E-state index is -0.0532. The summed E-state index contributed by atoms with van der Waals surface area (Å²) >= 11 is 3.97. The molecule has 1 fully saturated rings. The standard InChI is InChI=1S/C12H21N3OS2/c1-5-8-9(18-7-6-17-8)10-13-11(16-15-10)14-12(2,3)4/h8-9H,5-7H2,1-4H3,(H,13,14,15). The van der Waals surface area contributed by atoms with Crippen molar-refractivity contribution in [2.45, 2.75) is 50.2 Å². The van der Waals surface area contributed by atoms with Gasteiger partial charge in [-0.3, -0.25) is 0 Å². The SMILES string of the molecule is CCC1SCCSC1c1noc(NC(C)(C)C)n1. The van der Waals surface area contributed by atoms with Crippen LogP contribution in [0, 0.1) is 0 Å². The van der Waals surface area contributed by atoms with Gasteiger partial charge < -0.3 is 9.84 Å². The van der Waals surface area contributed by atoms with Crippen LogP contribution in [0.2, 0.25) is 0 Å². The van der Waals surface area contributed by atoms with Gasteiger partial charge in [-0.15, -0.1) is 11.8 Å². The third kappa shape index (κ3) is 3.57. The van der Waals surface area contributed by atoms with Gasteiger partial charge in [0.2, 0.25) is 0 Å². The Kier molecular flexibility index (Phi) is 4.48. The molecule has 0 bridgehead atoms. The van der Waals surface area contributed by atoms with E-state index in [1.807, 2.05) is 23.5 Å². The van der Waals surface area contributed by atoms with Crippen LogP contribution in [0.15, 0.2) is 4.52 Å². The minimum Gasteiger partial charge on any atom is -0.333 e. The first-order chi connectivity index (χ1) is 8.49. The van der Waals surface area contributed by atoms with Crippen LogP contribution in [0.3, 0.4) is 0 Å². The van der Waals surface area contributed by atoms with Crippen molar-refractivity contribution in [3.63, 3.8) is 0 Å². The molecule has 6 heteroatoms. The zero-order chi connectivity index (χ0) is 13.2. The van der Waals surface area contributed by atoms with E-state index in [4.69, 9.17) is 4.52 Å². The number of thioether (sulfide) groups is 2. The zero-order valence-corrected chi connectivity index (χ0v) is 13.0. The molecule has 0 spiro atoms. The molecular weight excluding hydrogens is 266 g/mol. The summed E-state index contributed by atoms with van der Waals surface area (Å²) in [6.45, 7) is 8.47. The highest BCUT2D eigenvalue weighted by Gasteiger charge is 2.30. The van der Waals surface area contributed by atoms with Crippen LogP contribution >= 0.6 is 23.5 Å². The third-order valence-corrected chi connectivity index (χ3v) is 5.87. The first-order valence-corrected chi connectivity index (χ1v) is 8.44. The molecule has 2 unspecified atom stereocenters. The Balaban J connectivity index is 2.08. The summed E-state index contributed by atoms with van der Waals surface area (Å²) in [5, 5.41) is 8.33. The maximum atomic E-state index is 5.29. The van der Waals surface area contributed by atoms with Crippen LogP contribution in [-0.4, -0.2) is 32.4 Å². The first kappa shape index (κ1) is 14.1. The molecule has 0 aromatic carbocycles. The maximum absolute atomic E-state index is 5.29. The summed E-state index contributed by atoms with van der Waals surface area (Å²) in [4.78, 5) is 4.49. The van der Waals surface area contributed by atoms with Gasteiger partial charge in [0.1, 0.15) is 0 Å². The average Bonchev–Trinajstić information content (AvgIpc) is 2.75. The summed E-state index contributed by atoms with van der Waals surface area (Å²) < 4.78 is 5.29. The summed E-state index contributed by atoms with van der Waals surface area (Å²) in [5.41, 5.74) is -0.0532. The van der Waals surface area contributed by atoms with E-state index >= 15 is 0 Å². The molecule has 4 nitrogen and oxygen atoms in total. The topological polar surface area (TPSA) is 51.0 Å². The second kappa shape index (κ2) is 5.74. The molecule has 2 atom stereocenters. The Bertz CT molecular complexity index is 389. The fourth-order valence-electron chi connectivity index (χ4n) is 1.86. The lowest BCUT2D eigenvalue weighted by molar-refractivity contribution is 0.411. The fourth-order valence-corrected chi connectivity index (χ4v) is 4.85. The van der Waals surface area contributed by atoms with Crippen molar-refractivity contribution in [3.8, 4) is 0 Å². The van der Waals surface area contributed by atoms with Crippen LogP contribution in [0.5, 0.6) is 0 Å². The highest BCUT2D eigenvalue weighted by Crippen LogP contribution is 2.43. The van der Waals surface area contributed by atoms with Crippen molar-refractivity contribution in [2.24, 2.45) is 0 Å². The third-order valence-electron chi connectivity index (χ3n) is 2.63. The van der Waals surface area contributed by atoms with Gasteiger partial charge in [-0.25, -0.2) is 0 Å². The van der Waals surface area contributed by atoms with Crippen LogP contribution < -0.4 is 5.32 Å². The molecule has 102 valence electrons. The predicted octanol–water partition coefficient (Wildman–Crippen LogP) is 3.58. The number of aromatic nitrogens is 2. The molecule has 0 amide bonds. The van der Waals surface area contributed by atoms with E-state index in [1.165, 1.54) is 11.5 Å². The molecular formula is C12H21N3OS2. The number of anilines is 1. The van der Waals surface area contributed by atoms with Gasteiger partial charge in [0, 0.05) is 22.3 Å². The highest BCUT2D eigenvalue weighted by molar-refractivity contribution is 8.06. The van der Waals surface area contributed by atoms with Gasteiger partial charge >= 0.3 is 6.01 Å². The van der Waals surface area contributed by atoms with E-state index in [0.717, 1.165) is 12.2 Å². The molecule has 1 saturated heterocycles. The van der Waals surface area contributed by atoms with Gasteiger partial charge in [-0.1, -0.05) is 12.1 Å². The zero-order valence-electron chi connectivity index (χ0n) is 11.4. The van der Waals surface area contributed by atoms with E-state index in [-0.39, 0.29) is 5.54 Å². The minimum absolute atomic E-state index is 0.0532. The number of hydrogen-bond donors (Lipinski definition) is 1. The Morgan fingerprint density at radius 1 is 1.33 bits per heavy atom. The molecule has 1 aliphatic heterocycles. The maximum Gasteiger partial charge on any atom is 0.321 e. The van der Waals surface area contributed by atoms with Crippen LogP contribution in [0.25, 0.3) is 0 Å². The van der Waals surface area contributed by atoms with Crippen molar-refractivity contribution in [1.29, 1.82) is 0 Å². The van der Waals surface area contributed by atoms with Crippen LogP contribution in [0.4, 0.5) is 6.01 Å². The van der Waals surface area contributed by atoms with Crippen molar-refractivity contribution >= 4 is 29.5 Å². The molecule has 18 heavy (non-hydrogen) atoms. The van der Waals surface area contributed by atoms with E-state index < -0.39 is 0 Å². The molecule has 2 rings (SSSR count). The molecule has 1 aliphatic rings. The quantitative estimate of drug-likeness (QED) is 0.917. The number of rotatable bonds is 3. The van der Waals surface area contributed by atoms with Gasteiger partial charge in [-0.05, 0) is 27.2 Å². The van der Waals surface area contributed by atoms with Gasteiger partial charge in [-0.2, -0.15) is 16.7 Å². The van der Waals surface area contributed by atoms with Crippen molar-refractivity contribution in [1.82, 2.24) is 10.1 Å². The van der Waals surface area contributed by atoms with E-state index in [0.29, 0.717) is 16.5 Å². The second-order valence-corrected chi connectivity index (χ2v) is 8.04. The monoisotopic (exact) mass is 287 g/mol. The molecule has 1 aromatic rings. The lowest BCUT2D eigenvalue weighted by Crippen LogP contribution is -2.26. The summed E-state index contributed by atoms with van der Waals surface area (Å²) in [7, 11) is 0. The number of hydrogen-bond acceptors (Lipinski definition) is 6. The van der Waals surface area contributed by atoms with Crippen LogP contribution in [0.1, 0.15) is 45.2 Å². The molecule has 2 heterocycles. The Labute approximate surface area is 117 Å². The number of nitrogens with zero attached hydrogens (tertiary/aromatic N) is 2. The average molecular weight is 287 g/mol. The normalized spacial score (nSPS) is 25.1. The second-order valence-electron chi connectivity index (χ2n) is 5.44. The smallest absolute Gasteiger partial charge is 0.321 e. The molecule has 0 saturated carbocycles. The summed E-state index contributed by atoms with van der Waals surface area (Å²) in [5.74, 6) is 3.23. The largest absolute Gasteiger partial charge is 0.333 e. The molecule has 1 aromatic heterocycles. The molecule has 1 N–H and O–H groups in total. The highest BCUT2D eigenvalue weighted by atomic mass is 32.2. The fraction of sp³-hybridized carbons (Fsp3) is 0.833. The lowest BCUT2D eigenvalue weighted by Gasteiger charge is -2.27. The van der Waals surface area contributed by atoms with Crippen molar-refractivity contribution in [3.05, 3.63) is 5.82 Å². The Morgan fingerprint density at radius 3 is 2.72 bits per heavy atom. The summed E-state index contributed by atoms with van der Waals surface area (Å²) in [6.07, 6.45) is 1.15. The predicted molar refractivity (Wildman–Crippen MR) is 79.4 cm³/mol. The van der Waals surface area contributed by atoms with Crippen molar-refractivity contribution < 1.29 is 4.52 Å². The molecule has 0 aliphatic carbocycles. The van der Waals surface area contributed by atoms with Crippen LogP contribution in [-0.2, 0) is 0 Å². The Morgan fingerprint density at radius 2 is 2.06 bits per heavy atom. The number of nitrogens with one attached hydrogen (secondary N) is 1. The summed E-state index contributed by atoms with van der Waals surface area (Å²) in [6, 6.07) is 0.531. The Hall–Kier alpha value is -0.360.